The normalized spacial score (nSPS) is 18.9. The molecule has 11 aromatic rings. The van der Waals surface area contributed by atoms with Crippen LogP contribution in [0.15, 0.2) is 230 Å². The van der Waals surface area contributed by atoms with Gasteiger partial charge >= 0.3 is 0 Å². The zero-order chi connectivity index (χ0) is 65.4. The highest BCUT2D eigenvalue weighted by molar-refractivity contribution is 6.18. The Balaban J connectivity index is 1.42. The van der Waals surface area contributed by atoms with Gasteiger partial charge in [-0.3, -0.25) is 0 Å². The minimum atomic E-state index is -0.979. The topological polar surface area (TPSA) is 8.17 Å². The van der Waals surface area contributed by atoms with Gasteiger partial charge in [-0.15, -0.1) is 0 Å². The van der Waals surface area contributed by atoms with Gasteiger partial charge in [0.25, 0.3) is 0 Å². The lowest BCUT2D eigenvalue weighted by Gasteiger charge is -2.26. The van der Waals surface area contributed by atoms with Crippen LogP contribution in [0.5, 0.6) is 0 Å². The van der Waals surface area contributed by atoms with Crippen molar-refractivity contribution in [3.8, 4) is 39.1 Å². The van der Waals surface area contributed by atoms with Crippen LogP contribution < -0.4 is 4.90 Å². The largest absolute Gasteiger partial charge is 0.310 e. The van der Waals surface area contributed by atoms with E-state index in [9.17, 15) is 15.1 Å². The van der Waals surface area contributed by atoms with Gasteiger partial charge in [-0.2, -0.15) is 0 Å². The average molecular weight is 770 g/mol. The van der Waals surface area contributed by atoms with Gasteiger partial charge < -0.3 is 9.47 Å². The van der Waals surface area contributed by atoms with Gasteiger partial charge in [0.1, 0.15) is 0 Å². The molecule has 0 atom stereocenters. The molecule has 2 heteroatoms. The summed E-state index contributed by atoms with van der Waals surface area (Å²) in [5, 5.41) is -2.45. The molecule has 1 aromatic heterocycles. The summed E-state index contributed by atoms with van der Waals surface area (Å²) in [5.41, 5.74) is -6.72. The third kappa shape index (κ3) is 5.91. The van der Waals surface area contributed by atoms with Crippen molar-refractivity contribution in [1.82, 2.24) is 4.57 Å². The maximum absolute atomic E-state index is 10.2. The highest BCUT2D eigenvalue weighted by Crippen LogP contribution is 2.45. The van der Waals surface area contributed by atoms with Crippen LogP contribution in [0, 0.1) is 0 Å². The summed E-state index contributed by atoms with van der Waals surface area (Å²) in [7, 11) is 0. The van der Waals surface area contributed by atoms with Gasteiger partial charge in [0.15, 0.2) is 0 Å². The van der Waals surface area contributed by atoms with E-state index >= 15 is 0 Å². The summed E-state index contributed by atoms with van der Waals surface area (Å²) in [6.07, 6.45) is 0. The molecule has 0 radical (unpaired) electrons. The van der Waals surface area contributed by atoms with Crippen LogP contribution in [0.1, 0.15) is 42.5 Å². The molecule has 58 heavy (non-hydrogen) atoms. The molecule has 0 aliphatic heterocycles. The van der Waals surface area contributed by atoms with Crippen LogP contribution in [-0.4, -0.2) is 4.57 Å². The van der Waals surface area contributed by atoms with Gasteiger partial charge in [-0.1, -0.05) is 169 Å². The van der Waals surface area contributed by atoms with E-state index in [0.29, 0.717) is 0 Å². The van der Waals surface area contributed by atoms with Crippen LogP contribution >= 0.6 is 0 Å². The lowest BCUT2D eigenvalue weighted by Crippen LogP contribution is -2.10. The monoisotopic (exact) mass is 769 g/mol. The van der Waals surface area contributed by atoms with E-state index in [4.69, 9.17) is 27.4 Å². The Kier molecular flexibility index (Phi) is 3.57. The maximum atomic E-state index is 10.2. The van der Waals surface area contributed by atoms with Crippen LogP contribution in [0.3, 0.4) is 0 Å². The van der Waals surface area contributed by atoms with Crippen molar-refractivity contribution in [1.29, 1.82) is 0 Å². The molecule has 2 nitrogen and oxygen atoms in total. The zero-order valence-corrected chi connectivity index (χ0v) is 29.4. The first kappa shape index (κ1) is 14.7. The summed E-state index contributed by atoms with van der Waals surface area (Å²) < 4.78 is 281. The summed E-state index contributed by atoms with van der Waals surface area (Å²) >= 11 is 0. The van der Waals surface area contributed by atoms with Crippen molar-refractivity contribution in [2.45, 2.75) is 0 Å². The van der Waals surface area contributed by atoms with Crippen LogP contribution in [0.2, 0.25) is 0 Å². The SMILES string of the molecule is [2H]c1cc(-c2c([2H])c(-c3c([2H])c([2H])c([2H])c([2H])c3[2H])cc3c2c2c([2H])c([2H])c(N(c4cc([2H])c(-c5c([2H])c([2H])c([2H])c([2H])c5[2H])c([2H])c4[2H])c4cc5c([2H])c([2H])cc([2H])c5c([2H])c4[2H])cc2n3-c2cc([2H])c3c([2H])c([2H])c([2H])c([2H])c3c2[2H])c([2H])c([2H])c1[2H]. The number of fused-ring (bicyclic) bond motifs is 5. The fraction of sp³-hybridized carbons (Fsp3) is 0. The highest BCUT2D eigenvalue weighted by atomic mass is 15.1. The zero-order valence-electron chi connectivity index (χ0n) is 60.4. The van der Waals surface area contributed by atoms with E-state index in [-0.39, 0.29) is 21.7 Å². The number of rotatable bonds is 7. The summed E-state index contributed by atoms with van der Waals surface area (Å²) in [6, 6.07) is -17.9. The third-order valence-electron chi connectivity index (χ3n) is 9.25. The standard InChI is InChI=1S/C56H38N2/c1-4-14-39(15-5-1)43-24-28-48(29-25-43)57(49-30-26-41-18-10-12-22-45(41)34-49)51-32-33-52-54(38-51)58(50-31-27-42-19-11-13-23-46(42)35-50)55-37-47(40-16-6-2-7-17-40)36-53(56(52)55)44-20-8-3-9-21-44/h1-38H/i1D,2D,3D,4D,5D,6D,7D,8D,9D,11D,12D,13D,14D,15D,16D,17D,18D,19D,20D,22D,23D,24D,25D,26D,27D,28D,30D,32D,33D,35D,36D. The molecule has 0 aliphatic rings. The van der Waals surface area contributed by atoms with E-state index < -0.39 is 265 Å². The second-order valence-corrected chi connectivity index (χ2v) is 12.6. The first-order valence-corrected chi connectivity index (χ1v) is 17.4. The Labute approximate surface area is 381 Å². The maximum Gasteiger partial charge on any atom is 0.0651 e. The van der Waals surface area contributed by atoms with Crippen molar-refractivity contribution in [3.63, 3.8) is 0 Å². The predicted octanol–water partition coefficient (Wildman–Crippen LogP) is 15.6. The van der Waals surface area contributed by atoms with E-state index in [0.717, 1.165) is 51.9 Å². The smallest absolute Gasteiger partial charge is 0.0651 e. The molecule has 0 spiro atoms. The van der Waals surface area contributed by atoms with Gasteiger partial charge in [0.05, 0.1) is 53.5 Å². The highest BCUT2D eigenvalue weighted by Gasteiger charge is 2.21. The molecule has 0 amide bonds. The first-order chi connectivity index (χ1) is 41.6. The molecule has 0 N–H and O–H groups in total. The van der Waals surface area contributed by atoms with E-state index in [1.165, 1.54) is 0 Å². The number of anilines is 3. The molecule has 1 heterocycles. The number of aromatic nitrogens is 1. The van der Waals surface area contributed by atoms with Gasteiger partial charge in [-0.05, 0) is 115 Å². The molecule has 0 unspecified atom stereocenters. The van der Waals surface area contributed by atoms with E-state index in [2.05, 4.69) is 0 Å². The molecule has 10 aromatic carbocycles. The lowest BCUT2D eigenvalue weighted by molar-refractivity contribution is 1.18. The molecule has 0 aliphatic carbocycles. The molecule has 11 rings (SSSR count). The molecular formula is C56H38N2. The van der Waals surface area contributed by atoms with E-state index in [1.807, 2.05) is 0 Å². The first-order valence-electron chi connectivity index (χ1n) is 32.9. The van der Waals surface area contributed by atoms with Crippen LogP contribution in [0.4, 0.5) is 17.1 Å². The van der Waals surface area contributed by atoms with Crippen molar-refractivity contribution < 1.29 is 42.5 Å². The van der Waals surface area contributed by atoms with Crippen molar-refractivity contribution in [3.05, 3.63) is 230 Å². The van der Waals surface area contributed by atoms with Gasteiger partial charge in [-0.25, -0.2) is 0 Å². The Hall–Kier alpha value is -7.68. The second-order valence-electron chi connectivity index (χ2n) is 12.6. The van der Waals surface area contributed by atoms with Gasteiger partial charge in [0, 0.05) is 33.5 Å². The minimum absolute atomic E-state index is 0.316. The number of nitrogens with zero attached hydrogens (tertiary/aromatic N) is 2. The fourth-order valence-electron chi connectivity index (χ4n) is 6.73. The minimum Gasteiger partial charge on any atom is -0.310 e. The Morgan fingerprint density at radius 1 is 0.379 bits per heavy atom. The predicted molar refractivity (Wildman–Crippen MR) is 247 cm³/mol. The molecule has 0 saturated carbocycles. The van der Waals surface area contributed by atoms with Gasteiger partial charge in [0.2, 0.25) is 0 Å². The average Bonchev–Trinajstić information content (AvgIpc) is 1.60. The molecular weight excluding hydrogens is 701 g/mol. The number of hydrogen-bond acceptors (Lipinski definition) is 1. The Morgan fingerprint density at radius 2 is 1.03 bits per heavy atom. The van der Waals surface area contributed by atoms with Crippen molar-refractivity contribution in [2.24, 2.45) is 0 Å². The van der Waals surface area contributed by atoms with Crippen molar-refractivity contribution >= 4 is 60.4 Å². The lowest BCUT2D eigenvalue weighted by atomic mass is 9.94. The molecule has 0 saturated heterocycles. The fourth-order valence-corrected chi connectivity index (χ4v) is 6.73. The van der Waals surface area contributed by atoms with Crippen LogP contribution in [0.25, 0.3) is 82.4 Å². The Bertz CT molecular complexity index is 5050. The quantitative estimate of drug-likeness (QED) is 0.157. The molecule has 0 bridgehead atoms. The summed E-state index contributed by atoms with van der Waals surface area (Å²) in [4.78, 5) is 0.836. The van der Waals surface area contributed by atoms with Crippen LogP contribution in [-0.2, 0) is 0 Å². The summed E-state index contributed by atoms with van der Waals surface area (Å²) in [5.74, 6) is 0. The molecule has 0 fully saturated rings. The number of hydrogen-bond donors (Lipinski definition) is 0. The third-order valence-corrected chi connectivity index (χ3v) is 9.25. The van der Waals surface area contributed by atoms with E-state index in [1.54, 1.807) is 0 Å². The summed E-state index contributed by atoms with van der Waals surface area (Å²) in [6.45, 7) is 0. The molecule has 272 valence electrons. The van der Waals surface area contributed by atoms with Crippen molar-refractivity contribution in [2.75, 3.05) is 4.90 Å². The number of benzene rings is 10. The Morgan fingerprint density at radius 3 is 1.88 bits per heavy atom. The second kappa shape index (κ2) is 14.1.